The van der Waals surface area contributed by atoms with Crippen molar-refractivity contribution in [3.8, 4) is 5.75 Å². The first-order valence-electron chi connectivity index (χ1n) is 6.57. The summed E-state index contributed by atoms with van der Waals surface area (Å²) in [7, 11) is 5.27. The van der Waals surface area contributed by atoms with Gasteiger partial charge in [0.2, 0.25) is 5.91 Å². The number of nitrogens with one attached hydrogen (secondary N) is 1. The topological polar surface area (TPSA) is 87.9 Å². The average molecular weight is 294 g/mol. The van der Waals surface area contributed by atoms with Gasteiger partial charge in [0.05, 0.1) is 12.1 Å². The Bertz CT molecular complexity index is 491. The van der Waals surface area contributed by atoms with Crippen molar-refractivity contribution in [2.24, 2.45) is 5.84 Å². The summed E-state index contributed by atoms with van der Waals surface area (Å²) >= 11 is 0. The molecule has 21 heavy (non-hydrogen) atoms. The first kappa shape index (κ1) is 16.9. The molecule has 0 bridgehead atoms. The van der Waals surface area contributed by atoms with E-state index in [4.69, 9.17) is 10.6 Å². The molecule has 0 spiro atoms. The van der Waals surface area contributed by atoms with E-state index in [-0.39, 0.29) is 5.91 Å². The number of likely N-dealkylation sites (N-methyl/N-ethyl adjacent to an activating group) is 2. The summed E-state index contributed by atoms with van der Waals surface area (Å²) in [5.41, 5.74) is 2.46. The Hall–Kier alpha value is -2.12. The van der Waals surface area contributed by atoms with E-state index in [1.54, 1.807) is 38.4 Å². The smallest absolute Gasteiger partial charge is 0.268 e. The summed E-state index contributed by atoms with van der Waals surface area (Å²) in [5, 5.41) is 0. The molecule has 0 unspecified atom stereocenters. The number of para-hydroxylation sites is 1. The van der Waals surface area contributed by atoms with E-state index in [9.17, 15) is 9.59 Å². The van der Waals surface area contributed by atoms with Gasteiger partial charge >= 0.3 is 0 Å². The zero-order chi connectivity index (χ0) is 15.8. The highest BCUT2D eigenvalue weighted by atomic mass is 16.5. The van der Waals surface area contributed by atoms with Gasteiger partial charge in [-0.25, -0.2) is 5.84 Å². The lowest BCUT2D eigenvalue weighted by Gasteiger charge is -2.19. The second-order valence-electron chi connectivity index (χ2n) is 4.84. The molecule has 2 amide bonds. The van der Waals surface area contributed by atoms with Crippen LogP contribution in [0.4, 0.5) is 0 Å². The van der Waals surface area contributed by atoms with Gasteiger partial charge in [-0.3, -0.25) is 19.9 Å². The van der Waals surface area contributed by atoms with Gasteiger partial charge < -0.3 is 9.64 Å². The largest absolute Gasteiger partial charge is 0.491 e. The van der Waals surface area contributed by atoms with Crippen LogP contribution < -0.4 is 16.0 Å². The van der Waals surface area contributed by atoms with E-state index in [1.807, 2.05) is 11.9 Å². The average Bonchev–Trinajstić information content (AvgIpc) is 2.46. The standard InChI is InChI=1S/C14H22N4O3/c1-17(2)13(19)10-18(3)8-9-21-12-7-5-4-6-11(12)14(20)16-15/h4-7H,8-10,15H2,1-3H3,(H,16,20). The fourth-order valence-corrected chi connectivity index (χ4v) is 1.62. The SMILES string of the molecule is CN(CCOc1ccccc1C(=O)NN)CC(=O)N(C)C. The Balaban J connectivity index is 2.49. The second kappa shape index (κ2) is 8.23. The number of ether oxygens (including phenoxy) is 1. The highest BCUT2D eigenvalue weighted by molar-refractivity contribution is 5.96. The van der Waals surface area contributed by atoms with Crippen LogP contribution in [0.15, 0.2) is 24.3 Å². The summed E-state index contributed by atoms with van der Waals surface area (Å²) in [6.45, 7) is 1.26. The molecule has 0 saturated heterocycles. The zero-order valence-electron chi connectivity index (χ0n) is 12.6. The molecule has 1 aromatic rings. The number of hydrogen-bond acceptors (Lipinski definition) is 5. The molecule has 116 valence electrons. The third-order valence-corrected chi connectivity index (χ3v) is 2.90. The van der Waals surface area contributed by atoms with Gasteiger partial charge in [0.15, 0.2) is 0 Å². The molecule has 3 N–H and O–H groups in total. The molecule has 0 aliphatic rings. The Labute approximate surface area is 124 Å². The maximum atomic E-state index is 11.6. The van der Waals surface area contributed by atoms with E-state index in [1.165, 1.54) is 4.90 Å². The number of carbonyl (C=O) groups excluding carboxylic acids is 2. The molecular formula is C14H22N4O3. The minimum absolute atomic E-state index is 0.0282. The molecule has 7 nitrogen and oxygen atoms in total. The number of nitrogens with two attached hydrogens (primary N) is 1. The predicted octanol–water partition coefficient (Wildman–Crippen LogP) is -0.311. The Kier molecular flexibility index (Phi) is 6.64. The molecule has 1 rings (SSSR count). The highest BCUT2D eigenvalue weighted by Crippen LogP contribution is 2.17. The van der Waals surface area contributed by atoms with Crippen molar-refractivity contribution in [1.29, 1.82) is 0 Å². The molecule has 1 aromatic carbocycles. The van der Waals surface area contributed by atoms with Gasteiger partial charge in [-0.15, -0.1) is 0 Å². The molecule has 7 heteroatoms. The van der Waals surface area contributed by atoms with E-state index < -0.39 is 5.91 Å². The molecule has 0 aliphatic heterocycles. The number of hydrazine groups is 1. The number of nitrogen functional groups attached to an aromatic ring is 1. The van der Waals surface area contributed by atoms with Gasteiger partial charge in [0.25, 0.3) is 5.91 Å². The van der Waals surface area contributed by atoms with Crippen molar-refractivity contribution in [2.75, 3.05) is 40.8 Å². The molecule has 0 aromatic heterocycles. The van der Waals surface area contributed by atoms with Crippen molar-refractivity contribution in [1.82, 2.24) is 15.2 Å². The minimum atomic E-state index is -0.401. The van der Waals surface area contributed by atoms with Gasteiger partial charge in [-0.05, 0) is 19.2 Å². The van der Waals surface area contributed by atoms with Crippen LogP contribution in [0.5, 0.6) is 5.75 Å². The summed E-state index contributed by atoms with van der Waals surface area (Å²) in [6, 6.07) is 6.85. The molecule has 0 radical (unpaired) electrons. The normalized spacial score (nSPS) is 10.3. The van der Waals surface area contributed by atoms with Crippen LogP contribution >= 0.6 is 0 Å². The van der Waals surface area contributed by atoms with Crippen LogP contribution in [-0.4, -0.2) is 62.5 Å². The van der Waals surface area contributed by atoms with Crippen LogP contribution in [-0.2, 0) is 4.79 Å². The summed E-state index contributed by atoms with van der Waals surface area (Å²) in [4.78, 5) is 26.5. The summed E-state index contributed by atoms with van der Waals surface area (Å²) in [5.74, 6) is 5.22. The van der Waals surface area contributed by atoms with Gasteiger partial charge in [-0.2, -0.15) is 0 Å². The number of benzene rings is 1. The fraction of sp³-hybridized carbons (Fsp3) is 0.429. The molecule has 0 saturated carbocycles. The van der Waals surface area contributed by atoms with Gasteiger partial charge in [-0.1, -0.05) is 12.1 Å². The molecule has 0 heterocycles. The van der Waals surface area contributed by atoms with Crippen LogP contribution in [0.25, 0.3) is 0 Å². The zero-order valence-corrected chi connectivity index (χ0v) is 12.6. The number of hydrogen-bond donors (Lipinski definition) is 2. The predicted molar refractivity (Wildman–Crippen MR) is 79.8 cm³/mol. The molecule has 0 aliphatic carbocycles. The second-order valence-corrected chi connectivity index (χ2v) is 4.84. The fourth-order valence-electron chi connectivity index (χ4n) is 1.62. The molecule has 0 atom stereocenters. The number of nitrogens with zero attached hydrogens (tertiary/aromatic N) is 2. The third-order valence-electron chi connectivity index (χ3n) is 2.90. The van der Waals surface area contributed by atoms with Gasteiger partial charge in [0, 0.05) is 20.6 Å². The lowest BCUT2D eigenvalue weighted by molar-refractivity contribution is -0.129. The molecule has 0 fully saturated rings. The Morgan fingerprint density at radius 2 is 1.90 bits per heavy atom. The van der Waals surface area contributed by atoms with Crippen molar-refractivity contribution in [3.63, 3.8) is 0 Å². The number of carbonyl (C=O) groups is 2. The maximum Gasteiger partial charge on any atom is 0.268 e. The van der Waals surface area contributed by atoms with Crippen LogP contribution in [0.1, 0.15) is 10.4 Å². The lowest BCUT2D eigenvalue weighted by Crippen LogP contribution is -2.36. The number of amides is 2. The van der Waals surface area contributed by atoms with Crippen LogP contribution in [0.2, 0.25) is 0 Å². The van der Waals surface area contributed by atoms with Crippen LogP contribution in [0.3, 0.4) is 0 Å². The van der Waals surface area contributed by atoms with Crippen molar-refractivity contribution >= 4 is 11.8 Å². The Morgan fingerprint density at radius 1 is 1.24 bits per heavy atom. The van der Waals surface area contributed by atoms with E-state index in [0.29, 0.717) is 31.0 Å². The third kappa shape index (κ3) is 5.41. The van der Waals surface area contributed by atoms with Crippen molar-refractivity contribution in [3.05, 3.63) is 29.8 Å². The quantitative estimate of drug-likeness (QED) is 0.409. The van der Waals surface area contributed by atoms with E-state index >= 15 is 0 Å². The van der Waals surface area contributed by atoms with Crippen molar-refractivity contribution < 1.29 is 14.3 Å². The van der Waals surface area contributed by atoms with Crippen LogP contribution in [0, 0.1) is 0 Å². The monoisotopic (exact) mass is 294 g/mol. The Morgan fingerprint density at radius 3 is 2.52 bits per heavy atom. The minimum Gasteiger partial charge on any atom is -0.491 e. The summed E-state index contributed by atoms with van der Waals surface area (Å²) < 4.78 is 5.59. The molecular weight excluding hydrogens is 272 g/mol. The van der Waals surface area contributed by atoms with E-state index in [0.717, 1.165) is 0 Å². The first-order valence-corrected chi connectivity index (χ1v) is 6.57. The summed E-state index contributed by atoms with van der Waals surface area (Å²) in [6.07, 6.45) is 0. The first-order chi connectivity index (χ1) is 9.95. The lowest BCUT2D eigenvalue weighted by atomic mass is 10.2. The highest BCUT2D eigenvalue weighted by Gasteiger charge is 2.12. The number of rotatable bonds is 7. The maximum absolute atomic E-state index is 11.6. The van der Waals surface area contributed by atoms with Crippen molar-refractivity contribution in [2.45, 2.75) is 0 Å². The van der Waals surface area contributed by atoms with E-state index in [2.05, 4.69) is 5.43 Å². The van der Waals surface area contributed by atoms with Gasteiger partial charge in [0.1, 0.15) is 12.4 Å².